The van der Waals surface area contributed by atoms with Gasteiger partial charge in [0.1, 0.15) is 6.04 Å². The number of carboxylic acids is 1. The summed E-state index contributed by atoms with van der Waals surface area (Å²) in [6.07, 6.45) is 1.92. The fourth-order valence-corrected chi connectivity index (χ4v) is 1.33. The van der Waals surface area contributed by atoms with Crippen molar-refractivity contribution in [2.24, 2.45) is 11.7 Å². The minimum Gasteiger partial charge on any atom is -0.480 e. The van der Waals surface area contributed by atoms with Crippen LogP contribution < -0.4 is 11.1 Å². The van der Waals surface area contributed by atoms with E-state index < -0.39 is 18.1 Å². The minimum absolute atomic E-state index is 0.0519. The standard InChI is InChI=1S/C11H22N2O3/c1-4-6-8(11(15)16)13-10(14)9(12)7(3)5-2/h7-9H,4-6,12H2,1-3H3,(H,13,14)(H,15,16)/t7?,8-,9?/m0/s1. The maximum absolute atomic E-state index is 11.6. The third-order valence-electron chi connectivity index (χ3n) is 2.75. The SMILES string of the molecule is CCC[C@H](NC(=O)C(N)C(C)CC)C(=O)O. The number of rotatable bonds is 7. The van der Waals surface area contributed by atoms with Gasteiger partial charge in [0.2, 0.25) is 5.91 Å². The first kappa shape index (κ1) is 14.9. The molecule has 0 aromatic heterocycles. The van der Waals surface area contributed by atoms with Crippen molar-refractivity contribution in [2.75, 3.05) is 0 Å². The van der Waals surface area contributed by atoms with E-state index in [-0.39, 0.29) is 11.8 Å². The van der Waals surface area contributed by atoms with Crippen molar-refractivity contribution in [2.45, 2.75) is 52.1 Å². The van der Waals surface area contributed by atoms with E-state index >= 15 is 0 Å². The molecule has 0 rings (SSSR count). The first-order chi connectivity index (χ1) is 7.43. The summed E-state index contributed by atoms with van der Waals surface area (Å²) in [7, 11) is 0. The normalized spacial score (nSPS) is 16.2. The van der Waals surface area contributed by atoms with Crippen LogP contribution in [0.4, 0.5) is 0 Å². The lowest BCUT2D eigenvalue weighted by molar-refractivity contribution is -0.142. The van der Waals surface area contributed by atoms with Gasteiger partial charge in [-0.25, -0.2) is 4.79 Å². The Morgan fingerprint density at radius 3 is 2.31 bits per heavy atom. The summed E-state index contributed by atoms with van der Waals surface area (Å²) in [5.74, 6) is -1.34. The number of amides is 1. The smallest absolute Gasteiger partial charge is 0.326 e. The average molecular weight is 230 g/mol. The van der Waals surface area contributed by atoms with E-state index in [2.05, 4.69) is 5.32 Å². The van der Waals surface area contributed by atoms with Crippen LogP contribution in [0.5, 0.6) is 0 Å². The third-order valence-corrected chi connectivity index (χ3v) is 2.75. The van der Waals surface area contributed by atoms with Gasteiger partial charge in [-0.1, -0.05) is 33.6 Å². The van der Waals surface area contributed by atoms with E-state index in [0.717, 1.165) is 6.42 Å². The Labute approximate surface area is 96.4 Å². The molecule has 0 aromatic carbocycles. The highest BCUT2D eigenvalue weighted by Gasteiger charge is 2.24. The van der Waals surface area contributed by atoms with Crippen LogP contribution in [-0.4, -0.2) is 29.1 Å². The summed E-state index contributed by atoms with van der Waals surface area (Å²) in [5.41, 5.74) is 5.71. The van der Waals surface area contributed by atoms with Crippen molar-refractivity contribution in [3.8, 4) is 0 Å². The van der Waals surface area contributed by atoms with Gasteiger partial charge in [-0.2, -0.15) is 0 Å². The number of nitrogens with two attached hydrogens (primary N) is 1. The molecule has 0 bridgehead atoms. The molecule has 0 aliphatic carbocycles. The summed E-state index contributed by atoms with van der Waals surface area (Å²) in [4.78, 5) is 22.5. The lowest BCUT2D eigenvalue weighted by atomic mass is 9.99. The molecule has 1 amide bonds. The molecule has 2 unspecified atom stereocenters. The summed E-state index contributed by atoms with van der Waals surface area (Å²) in [6, 6.07) is -1.46. The topological polar surface area (TPSA) is 92.4 Å². The van der Waals surface area contributed by atoms with Crippen LogP contribution in [0.2, 0.25) is 0 Å². The second kappa shape index (κ2) is 7.22. The summed E-state index contributed by atoms with van der Waals surface area (Å²) in [6.45, 7) is 5.69. The molecule has 0 aliphatic heterocycles. The van der Waals surface area contributed by atoms with Crippen LogP contribution in [0.25, 0.3) is 0 Å². The zero-order chi connectivity index (χ0) is 12.7. The molecule has 0 heterocycles. The monoisotopic (exact) mass is 230 g/mol. The Hall–Kier alpha value is -1.10. The van der Waals surface area contributed by atoms with Crippen LogP contribution >= 0.6 is 0 Å². The Bertz CT molecular complexity index is 243. The zero-order valence-corrected chi connectivity index (χ0v) is 10.2. The molecule has 94 valence electrons. The number of hydrogen-bond acceptors (Lipinski definition) is 3. The largest absolute Gasteiger partial charge is 0.480 e. The number of hydrogen-bond donors (Lipinski definition) is 3. The highest BCUT2D eigenvalue weighted by Crippen LogP contribution is 2.06. The number of carboxylic acid groups (broad SMARTS) is 1. The van der Waals surface area contributed by atoms with Gasteiger partial charge in [-0.15, -0.1) is 0 Å². The van der Waals surface area contributed by atoms with E-state index in [4.69, 9.17) is 10.8 Å². The second-order valence-electron chi connectivity index (χ2n) is 4.10. The van der Waals surface area contributed by atoms with Gasteiger partial charge in [-0.3, -0.25) is 4.79 Å². The van der Waals surface area contributed by atoms with E-state index in [9.17, 15) is 9.59 Å². The molecular formula is C11H22N2O3. The Balaban J connectivity index is 4.34. The highest BCUT2D eigenvalue weighted by atomic mass is 16.4. The van der Waals surface area contributed by atoms with Gasteiger partial charge in [0.25, 0.3) is 0 Å². The van der Waals surface area contributed by atoms with E-state index in [1.807, 2.05) is 20.8 Å². The van der Waals surface area contributed by atoms with Gasteiger partial charge in [0.15, 0.2) is 0 Å². The average Bonchev–Trinajstić information content (AvgIpc) is 2.25. The van der Waals surface area contributed by atoms with Crippen molar-refractivity contribution >= 4 is 11.9 Å². The molecular weight excluding hydrogens is 208 g/mol. The van der Waals surface area contributed by atoms with Crippen LogP contribution in [0, 0.1) is 5.92 Å². The minimum atomic E-state index is -1.01. The van der Waals surface area contributed by atoms with Crippen molar-refractivity contribution in [1.29, 1.82) is 0 Å². The molecule has 4 N–H and O–H groups in total. The first-order valence-corrected chi connectivity index (χ1v) is 5.72. The first-order valence-electron chi connectivity index (χ1n) is 5.72. The highest BCUT2D eigenvalue weighted by molar-refractivity contribution is 5.86. The summed E-state index contributed by atoms with van der Waals surface area (Å²) >= 11 is 0. The van der Waals surface area contributed by atoms with E-state index in [1.54, 1.807) is 0 Å². The number of carbonyl (C=O) groups is 2. The molecule has 0 radical (unpaired) electrons. The zero-order valence-electron chi connectivity index (χ0n) is 10.2. The van der Waals surface area contributed by atoms with Crippen LogP contribution in [0.1, 0.15) is 40.0 Å². The Kier molecular flexibility index (Phi) is 6.72. The van der Waals surface area contributed by atoms with Gasteiger partial charge in [-0.05, 0) is 12.3 Å². The maximum Gasteiger partial charge on any atom is 0.326 e. The number of nitrogens with one attached hydrogen (secondary N) is 1. The quantitative estimate of drug-likeness (QED) is 0.601. The molecule has 16 heavy (non-hydrogen) atoms. The molecule has 0 fully saturated rings. The van der Waals surface area contributed by atoms with Gasteiger partial charge < -0.3 is 16.2 Å². The van der Waals surface area contributed by atoms with Crippen LogP contribution in [-0.2, 0) is 9.59 Å². The lowest BCUT2D eigenvalue weighted by Gasteiger charge is -2.20. The number of carbonyl (C=O) groups excluding carboxylic acids is 1. The van der Waals surface area contributed by atoms with E-state index in [1.165, 1.54) is 0 Å². The van der Waals surface area contributed by atoms with Crippen LogP contribution in [0.3, 0.4) is 0 Å². The number of aliphatic carboxylic acids is 1. The van der Waals surface area contributed by atoms with Gasteiger partial charge in [0.05, 0.1) is 6.04 Å². The van der Waals surface area contributed by atoms with Crippen LogP contribution in [0.15, 0.2) is 0 Å². The van der Waals surface area contributed by atoms with Crippen molar-refractivity contribution < 1.29 is 14.7 Å². The molecule has 0 aliphatic rings. The molecule has 5 heteroatoms. The molecule has 0 saturated carbocycles. The predicted octanol–water partition coefficient (Wildman–Crippen LogP) is 0.729. The van der Waals surface area contributed by atoms with Crippen molar-refractivity contribution in [1.82, 2.24) is 5.32 Å². The van der Waals surface area contributed by atoms with Crippen molar-refractivity contribution in [3.63, 3.8) is 0 Å². The molecule has 3 atom stereocenters. The molecule has 5 nitrogen and oxygen atoms in total. The molecule has 0 spiro atoms. The Morgan fingerprint density at radius 2 is 1.94 bits per heavy atom. The van der Waals surface area contributed by atoms with Crippen molar-refractivity contribution in [3.05, 3.63) is 0 Å². The third kappa shape index (κ3) is 4.61. The Morgan fingerprint density at radius 1 is 1.38 bits per heavy atom. The second-order valence-corrected chi connectivity index (χ2v) is 4.10. The van der Waals surface area contributed by atoms with Gasteiger partial charge in [0, 0.05) is 0 Å². The molecule has 0 saturated heterocycles. The molecule has 0 aromatic rings. The fourth-order valence-electron chi connectivity index (χ4n) is 1.33. The maximum atomic E-state index is 11.6. The van der Waals surface area contributed by atoms with E-state index in [0.29, 0.717) is 12.8 Å². The predicted molar refractivity (Wildman–Crippen MR) is 61.9 cm³/mol. The van der Waals surface area contributed by atoms with Gasteiger partial charge >= 0.3 is 5.97 Å². The summed E-state index contributed by atoms with van der Waals surface area (Å²) in [5, 5.41) is 11.3. The summed E-state index contributed by atoms with van der Waals surface area (Å²) < 4.78 is 0. The lowest BCUT2D eigenvalue weighted by Crippen LogP contribution is -2.50. The fraction of sp³-hybridized carbons (Fsp3) is 0.818.